The highest BCUT2D eigenvalue weighted by Gasteiger charge is 2.55. The van der Waals surface area contributed by atoms with Crippen molar-refractivity contribution in [3.05, 3.63) is 0 Å². The summed E-state index contributed by atoms with van der Waals surface area (Å²) in [5.41, 5.74) is -0.499. The summed E-state index contributed by atoms with van der Waals surface area (Å²) in [6.07, 6.45) is 2.86. The van der Waals surface area contributed by atoms with Crippen molar-refractivity contribution in [3.63, 3.8) is 0 Å². The molecule has 0 spiro atoms. The third-order valence-electron chi connectivity index (χ3n) is 3.60. The minimum atomic E-state index is -0.423. The molecule has 2 heterocycles. The minimum absolute atomic E-state index is 0.0760. The molecule has 0 aromatic rings. The summed E-state index contributed by atoms with van der Waals surface area (Å²) in [4.78, 5) is 14.0. The van der Waals surface area contributed by atoms with E-state index in [-0.39, 0.29) is 17.7 Å². The molecular weight excluding hydrogens is 218 g/mol. The van der Waals surface area contributed by atoms with Gasteiger partial charge in [-0.25, -0.2) is 4.79 Å². The number of nitrogens with zero attached hydrogens (tertiary/aromatic N) is 1. The zero-order chi connectivity index (χ0) is 12.7. The fourth-order valence-corrected chi connectivity index (χ4v) is 2.58. The number of hydrogen-bond acceptors (Lipinski definition) is 3. The first kappa shape index (κ1) is 12.7. The van der Waals surface area contributed by atoms with Gasteiger partial charge < -0.3 is 14.4 Å². The molecule has 0 saturated carbocycles. The second-order valence-corrected chi connectivity index (χ2v) is 6.04. The molecule has 2 atom stereocenters. The summed E-state index contributed by atoms with van der Waals surface area (Å²) in [5.74, 6) is 0. The summed E-state index contributed by atoms with van der Waals surface area (Å²) in [5, 5.41) is 0. The van der Waals surface area contributed by atoms with Crippen LogP contribution in [-0.4, -0.2) is 41.4 Å². The maximum atomic E-state index is 12.1. The van der Waals surface area contributed by atoms with Crippen molar-refractivity contribution in [1.29, 1.82) is 0 Å². The molecule has 17 heavy (non-hydrogen) atoms. The third kappa shape index (κ3) is 2.57. The zero-order valence-corrected chi connectivity index (χ0v) is 11.3. The van der Waals surface area contributed by atoms with Crippen LogP contribution in [0.4, 0.5) is 4.79 Å². The first-order valence-electron chi connectivity index (χ1n) is 6.51. The molecule has 2 aliphatic rings. The van der Waals surface area contributed by atoms with Gasteiger partial charge in [0.2, 0.25) is 0 Å². The summed E-state index contributed by atoms with van der Waals surface area (Å²) >= 11 is 0. The van der Waals surface area contributed by atoms with Gasteiger partial charge in [0.1, 0.15) is 11.2 Å². The fourth-order valence-electron chi connectivity index (χ4n) is 2.58. The van der Waals surface area contributed by atoms with E-state index in [1.807, 2.05) is 25.7 Å². The lowest BCUT2D eigenvalue weighted by Crippen LogP contribution is -2.46. The lowest BCUT2D eigenvalue weighted by molar-refractivity contribution is 0.0143. The van der Waals surface area contributed by atoms with Crippen molar-refractivity contribution >= 4 is 6.09 Å². The second kappa shape index (κ2) is 4.16. The highest BCUT2D eigenvalue weighted by molar-refractivity contribution is 5.69. The van der Waals surface area contributed by atoms with Gasteiger partial charge >= 0.3 is 6.09 Å². The van der Waals surface area contributed by atoms with Gasteiger partial charge in [0.15, 0.2) is 0 Å². The highest BCUT2D eigenvalue weighted by atomic mass is 16.6. The number of likely N-dealkylation sites (tertiary alicyclic amines) is 1. The summed E-state index contributed by atoms with van der Waals surface area (Å²) in [7, 11) is 0. The normalized spacial score (nSPS) is 32.7. The molecular formula is C13H23NO3. The van der Waals surface area contributed by atoms with Crippen LogP contribution in [0.15, 0.2) is 0 Å². The van der Waals surface area contributed by atoms with Crippen molar-refractivity contribution in [2.75, 3.05) is 13.2 Å². The Morgan fingerprint density at radius 1 is 1.53 bits per heavy atom. The maximum Gasteiger partial charge on any atom is 0.410 e. The van der Waals surface area contributed by atoms with Crippen molar-refractivity contribution in [3.8, 4) is 0 Å². The molecule has 0 bridgehead atoms. The van der Waals surface area contributed by atoms with Gasteiger partial charge in [-0.1, -0.05) is 6.92 Å². The minimum Gasteiger partial charge on any atom is -0.444 e. The molecule has 0 aromatic carbocycles. The fraction of sp³-hybridized carbons (Fsp3) is 0.923. The van der Waals surface area contributed by atoms with E-state index in [1.165, 1.54) is 0 Å². The number of rotatable bonds is 2. The second-order valence-electron chi connectivity index (χ2n) is 6.04. The topological polar surface area (TPSA) is 42.1 Å². The van der Waals surface area contributed by atoms with Crippen LogP contribution in [0.1, 0.15) is 47.0 Å². The molecule has 4 nitrogen and oxygen atoms in total. The van der Waals surface area contributed by atoms with Crippen LogP contribution >= 0.6 is 0 Å². The number of carbonyl (C=O) groups is 1. The molecule has 0 unspecified atom stereocenters. The van der Waals surface area contributed by atoms with Crippen LogP contribution in [-0.2, 0) is 9.47 Å². The van der Waals surface area contributed by atoms with Gasteiger partial charge in [-0.3, -0.25) is 0 Å². The Hall–Kier alpha value is -0.770. The van der Waals surface area contributed by atoms with Gasteiger partial charge in [-0.2, -0.15) is 0 Å². The van der Waals surface area contributed by atoms with E-state index in [1.54, 1.807) is 0 Å². The van der Waals surface area contributed by atoms with E-state index in [0.29, 0.717) is 0 Å². The predicted molar refractivity (Wildman–Crippen MR) is 64.9 cm³/mol. The van der Waals surface area contributed by atoms with Gasteiger partial charge in [-0.05, 0) is 40.0 Å². The van der Waals surface area contributed by atoms with Gasteiger partial charge in [0.25, 0.3) is 0 Å². The predicted octanol–water partition coefficient (Wildman–Crippen LogP) is 2.56. The lowest BCUT2D eigenvalue weighted by atomic mass is 9.96. The Balaban J connectivity index is 2.02. The van der Waals surface area contributed by atoms with Crippen LogP contribution in [0.2, 0.25) is 0 Å². The highest BCUT2D eigenvalue weighted by Crippen LogP contribution is 2.42. The van der Waals surface area contributed by atoms with Crippen molar-refractivity contribution in [2.24, 2.45) is 0 Å². The maximum absolute atomic E-state index is 12.1. The molecule has 2 rings (SSSR count). The monoisotopic (exact) mass is 241 g/mol. The Labute approximate surface area is 103 Å². The van der Waals surface area contributed by atoms with Crippen LogP contribution in [0.3, 0.4) is 0 Å². The number of epoxide rings is 1. The van der Waals surface area contributed by atoms with Gasteiger partial charge in [0, 0.05) is 6.54 Å². The summed E-state index contributed by atoms with van der Waals surface area (Å²) in [6.45, 7) is 9.41. The summed E-state index contributed by atoms with van der Waals surface area (Å²) < 4.78 is 11.0. The SMILES string of the molecule is CC[C@@]1([C@H]2CCCN2C(=O)OC(C)(C)C)CO1. The van der Waals surface area contributed by atoms with Crippen LogP contribution in [0, 0.1) is 0 Å². The molecule has 2 saturated heterocycles. The molecule has 1 amide bonds. The number of amides is 1. The van der Waals surface area contributed by atoms with Crippen LogP contribution in [0.25, 0.3) is 0 Å². The quantitative estimate of drug-likeness (QED) is 0.698. The smallest absolute Gasteiger partial charge is 0.410 e. The first-order chi connectivity index (χ1) is 7.88. The number of ether oxygens (including phenoxy) is 2. The zero-order valence-electron chi connectivity index (χ0n) is 11.3. The van der Waals surface area contributed by atoms with E-state index in [2.05, 4.69) is 6.92 Å². The lowest BCUT2D eigenvalue weighted by Gasteiger charge is -2.31. The molecule has 98 valence electrons. The van der Waals surface area contributed by atoms with Crippen LogP contribution < -0.4 is 0 Å². The van der Waals surface area contributed by atoms with E-state index >= 15 is 0 Å². The van der Waals surface area contributed by atoms with E-state index < -0.39 is 5.60 Å². The molecule has 0 radical (unpaired) electrons. The summed E-state index contributed by atoms with van der Waals surface area (Å²) in [6, 6.07) is 0.211. The Kier molecular flexibility index (Phi) is 3.10. The first-order valence-corrected chi connectivity index (χ1v) is 6.51. The van der Waals surface area contributed by atoms with Gasteiger partial charge in [0.05, 0.1) is 12.6 Å². The Morgan fingerprint density at radius 3 is 2.65 bits per heavy atom. The Morgan fingerprint density at radius 2 is 2.18 bits per heavy atom. The average Bonchev–Trinajstić information content (AvgIpc) is 2.85. The largest absolute Gasteiger partial charge is 0.444 e. The van der Waals surface area contributed by atoms with E-state index in [4.69, 9.17) is 9.47 Å². The van der Waals surface area contributed by atoms with Crippen molar-refractivity contribution in [1.82, 2.24) is 4.90 Å². The standard InChI is InChI=1S/C13H23NO3/c1-5-13(9-16-13)10-7-6-8-14(10)11(15)17-12(2,3)4/h10H,5-9H2,1-4H3/t10-,13+/m1/s1. The molecule has 0 N–H and O–H groups in total. The number of carbonyl (C=O) groups excluding carboxylic acids is 1. The Bertz CT molecular complexity index is 304. The molecule has 0 aromatic heterocycles. The molecule has 2 fully saturated rings. The van der Waals surface area contributed by atoms with Crippen LogP contribution in [0.5, 0.6) is 0 Å². The molecule has 2 aliphatic heterocycles. The average molecular weight is 241 g/mol. The third-order valence-corrected chi connectivity index (χ3v) is 3.60. The molecule has 0 aliphatic carbocycles. The van der Waals surface area contributed by atoms with E-state index in [9.17, 15) is 4.79 Å². The molecule has 4 heteroatoms. The number of hydrogen-bond donors (Lipinski definition) is 0. The van der Waals surface area contributed by atoms with Crippen molar-refractivity contribution < 1.29 is 14.3 Å². The van der Waals surface area contributed by atoms with Crippen molar-refractivity contribution in [2.45, 2.75) is 64.2 Å². The van der Waals surface area contributed by atoms with Gasteiger partial charge in [-0.15, -0.1) is 0 Å². The van der Waals surface area contributed by atoms with E-state index in [0.717, 1.165) is 32.4 Å².